The summed E-state index contributed by atoms with van der Waals surface area (Å²) in [6, 6.07) is 33.9. The van der Waals surface area contributed by atoms with Crippen LogP contribution in [0.25, 0.3) is 49.5 Å². The Labute approximate surface area is 298 Å². The Morgan fingerprint density at radius 1 is 0.833 bits per heavy atom. The van der Waals surface area contributed by atoms with Gasteiger partial charge in [-0.05, 0) is 72.0 Å². The van der Waals surface area contributed by atoms with Gasteiger partial charge in [0.15, 0.2) is 5.78 Å². The predicted octanol–water partition coefficient (Wildman–Crippen LogP) is 11.3. The van der Waals surface area contributed by atoms with Crippen LogP contribution in [-0.4, -0.2) is 20.4 Å². The van der Waals surface area contributed by atoms with Crippen LogP contribution in [0.1, 0.15) is 78.4 Å². The molecule has 0 unspecified atom stereocenters. The Bertz CT molecular complexity index is 2100. The van der Waals surface area contributed by atoms with Crippen molar-refractivity contribution in [2.45, 2.75) is 72.6 Å². The van der Waals surface area contributed by atoms with Crippen LogP contribution < -0.4 is 0 Å². The number of benzene rings is 4. The van der Waals surface area contributed by atoms with E-state index < -0.39 is 0 Å². The molecule has 0 bridgehead atoms. The molecule has 1 radical (unpaired) electrons. The van der Waals surface area contributed by atoms with Crippen molar-refractivity contribution < 1.29 is 30.0 Å². The van der Waals surface area contributed by atoms with Gasteiger partial charge in [0.1, 0.15) is 0 Å². The fourth-order valence-corrected chi connectivity index (χ4v) is 7.53. The van der Waals surface area contributed by atoms with Gasteiger partial charge in [-0.1, -0.05) is 107 Å². The molecule has 0 saturated heterocycles. The van der Waals surface area contributed by atoms with Crippen LogP contribution in [0.5, 0.6) is 0 Å². The number of carbonyl (C=O) groups excluding carboxylic acids is 1. The fraction of sp³-hybridized carbons (Fsp3) is 0.302. The minimum atomic E-state index is -0.206. The number of pyridine rings is 1. The average Bonchev–Trinajstić information content (AvgIpc) is 3.40. The zero-order valence-electron chi connectivity index (χ0n) is 28.8. The van der Waals surface area contributed by atoms with Crippen LogP contribution in [0.2, 0.25) is 0 Å². The van der Waals surface area contributed by atoms with Crippen molar-refractivity contribution in [2.24, 2.45) is 11.8 Å². The number of para-hydroxylation sites is 1. The summed E-state index contributed by atoms with van der Waals surface area (Å²) in [5, 5.41) is 14.8. The molecule has 2 heterocycles. The van der Waals surface area contributed by atoms with Gasteiger partial charge < -0.3 is 14.7 Å². The van der Waals surface area contributed by atoms with Crippen molar-refractivity contribution in [1.82, 2.24) is 9.55 Å². The summed E-state index contributed by atoms with van der Waals surface area (Å²) < 4.78 is 2.38. The smallest absolute Gasteiger partial charge is 0.162 e. The minimum Gasteiger partial charge on any atom is -0.512 e. The average molecular weight is 814 g/mol. The third-order valence-electron chi connectivity index (χ3n) is 10.2. The number of allylic oxidation sites excluding steroid dienone is 2. The summed E-state index contributed by atoms with van der Waals surface area (Å²) >= 11 is 0. The number of nitrogens with zero attached hydrogens (tertiary/aromatic N) is 2. The van der Waals surface area contributed by atoms with E-state index in [2.05, 4.69) is 109 Å². The first-order valence-electron chi connectivity index (χ1n) is 17.1. The molecule has 5 heteroatoms. The second-order valence-electron chi connectivity index (χ2n) is 13.2. The van der Waals surface area contributed by atoms with Crippen molar-refractivity contribution in [1.29, 1.82) is 0 Å². The van der Waals surface area contributed by atoms with Gasteiger partial charge in [0, 0.05) is 60.8 Å². The number of aromatic nitrogens is 2. The molecule has 48 heavy (non-hydrogen) atoms. The third kappa shape index (κ3) is 6.04. The van der Waals surface area contributed by atoms with Gasteiger partial charge >= 0.3 is 0 Å². The van der Waals surface area contributed by atoms with Gasteiger partial charge in [0.05, 0.1) is 11.3 Å². The van der Waals surface area contributed by atoms with Crippen LogP contribution in [0.4, 0.5) is 0 Å². The largest absolute Gasteiger partial charge is 0.512 e. The number of aliphatic hydroxyl groups is 1. The van der Waals surface area contributed by atoms with Gasteiger partial charge in [-0.2, -0.15) is 0 Å². The molecule has 0 atom stereocenters. The third-order valence-corrected chi connectivity index (χ3v) is 10.2. The Balaban J connectivity index is 0.000000243. The molecule has 4 nitrogen and oxygen atoms in total. The molecule has 1 aliphatic rings. The summed E-state index contributed by atoms with van der Waals surface area (Å²) in [6.45, 7) is 12.8. The molecular weight excluding hydrogens is 769 g/mol. The molecule has 7 rings (SSSR count). The number of hydrogen-bond acceptors (Lipinski definition) is 3. The number of hydrogen-bond donors (Lipinski definition) is 1. The second-order valence-corrected chi connectivity index (χ2v) is 13.2. The first kappa shape index (κ1) is 35.3. The summed E-state index contributed by atoms with van der Waals surface area (Å²) in [5.41, 5.74) is 8.17. The SMILES string of the molecule is CC1(C)c2c([c-]cc3ccccc23)-c2nccc3c2c2c1cccc2n3-c1ccccc1.CCC(CC)C(=O)/C=C(\O)C(CC)CC.[Ir]. The van der Waals surface area contributed by atoms with Crippen LogP contribution in [0.3, 0.4) is 0 Å². The zero-order chi connectivity index (χ0) is 33.3. The van der Waals surface area contributed by atoms with E-state index in [1.54, 1.807) is 0 Å². The van der Waals surface area contributed by atoms with Gasteiger partial charge in [0.25, 0.3) is 0 Å². The molecule has 0 spiro atoms. The van der Waals surface area contributed by atoms with Gasteiger partial charge in [-0.25, -0.2) is 0 Å². The second kappa shape index (κ2) is 14.6. The van der Waals surface area contributed by atoms with Crippen molar-refractivity contribution in [3.05, 3.63) is 120 Å². The molecule has 0 amide bonds. The molecule has 4 aromatic carbocycles. The molecule has 2 aromatic heterocycles. The van der Waals surface area contributed by atoms with Crippen LogP contribution in [0, 0.1) is 17.9 Å². The van der Waals surface area contributed by atoms with E-state index in [4.69, 9.17) is 4.98 Å². The van der Waals surface area contributed by atoms with Crippen molar-refractivity contribution >= 4 is 38.4 Å². The van der Waals surface area contributed by atoms with E-state index in [1.165, 1.54) is 55.5 Å². The minimum absolute atomic E-state index is 0. The van der Waals surface area contributed by atoms with E-state index in [9.17, 15) is 9.90 Å². The van der Waals surface area contributed by atoms with Crippen LogP contribution in [0.15, 0.2) is 103 Å². The first-order chi connectivity index (χ1) is 22.8. The maximum absolute atomic E-state index is 11.7. The number of carbonyl (C=O) groups is 1. The molecule has 249 valence electrons. The maximum atomic E-state index is 11.7. The molecular formula is C43H45IrN2O2-. The Morgan fingerprint density at radius 3 is 2.17 bits per heavy atom. The Hall–Kier alpha value is -4.05. The fourth-order valence-electron chi connectivity index (χ4n) is 7.53. The monoisotopic (exact) mass is 814 g/mol. The standard InChI is InChI=1S/C30H21N2.C13H24O2.Ir/c1-30(2)23-13-8-14-24-26(23)27-25(32(24)20-10-4-3-5-11-20)17-18-31-29(27)22-16-15-19-9-6-7-12-21(19)28(22)30;1-5-10(6-2)12(14)9-13(15)11(7-3)8-4;/h3-15,17-18H,1-2H3;9-11,14H,5-8H2,1-4H3;/q-1;;/b;12-9-;. The number of rotatable bonds is 8. The Morgan fingerprint density at radius 2 is 1.48 bits per heavy atom. The van der Waals surface area contributed by atoms with Gasteiger partial charge in [-0.3, -0.25) is 4.79 Å². The van der Waals surface area contributed by atoms with Crippen LogP contribution >= 0.6 is 0 Å². The molecule has 0 fully saturated rings. The van der Waals surface area contributed by atoms with E-state index in [0.29, 0.717) is 0 Å². The van der Waals surface area contributed by atoms with E-state index >= 15 is 0 Å². The Kier molecular flexibility index (Phi) is 10.7. The summed E-state index contributed by atoms with van der Waals surface area (Å²) in [7, 11) is 0. The topological polar surface area (TPSA) is 55.1 Å². The molecule has 0 saturated carbocycles. The summed E-state index contributed by atoms with van der Waals surface area (Å²) in [6.07, 6.45) is 6.85. The quantitative estimate of drug-likeness (QED) is 0.0946. The van der Waals surface area contributed by atoms with Crippen molar-refractivity contribution in [3.8, 4) is 16.9 Å². The van der Waals surface area contributed by atoms with Gasteiger partial charge in [-0.15, -0.1) is 23.3 Å². The van der Waals surface area contributed by atoms with Gasteiger partial charge in [0.2, 0.25) is 0 Å². The normalized spacial score (nSPS) is 13.4. The molecule has 1 aliphatic carbocycles. The van der Waals surface area contributed by atoms with E-state index in [-0.39, 0.29) is 48.9 Å². The number of aliphatic hydroxyl groups excluding tert-OH is 1. The first-order valence-corrected chi connectivity index (χ1v) is 17.1. The van der Waals surface area contributed by atoms with E-state index in [0.717, 1.165) is 36.9 Å². The summed E-state index contributed by atoms with van der Waals surface area (Å²) in [4.78, 5) is 16.7. The number of fused-ring (bicyclic) bond motifs is 4. The number of ketones is 1. The van der Waals surface area contributed by atoms with Crippen LogP contribution in [-0.2, 0) is 30.3 Å². The predicted molar refractivity (Wildman–Crippen MR) is 196 cm³/mol. The van der Waals surface area contributed by atoms with Crippen molar-refractivity contribution in [2.75, 3.05) is 0 Å². The van der Waals surface area contributed by atoms with E-state index in [1.807, 2.05) is 33.9 Å². The molecule has 6 aromatic rings. The van der Waals surface area contributed by atoms with Crippen molar-refractivity contribution in [3.63, 3.8) is 0 Å². The molecule has 0 aliphatic heterocycles. The summed E-state index contributed by atoms with van der Waals surface area (Å²) in [5.74, 6) is 0.547. The molecule has 1 N–H and O–H groups in total. The maximum Gasteiger partial charge on any atom is 0.162 e. The zero-order valence-corrected chi connectivity index (χ0v) is 31.2.